The molecule has 1 heterocycles. The summed E-state index contributed by atoms with van der Waals surface area (Å²) in [4.78, 5) is 16.7. The molecule has 1 aliphatic carbocycles. The molecule has 1 amide bonds. The molecular formula is C18H21F2N3OS. The standard InChI is InChI=1S/C18H21F2N3OS/c1-11-12(2)23(13-6-3-4-7-13)18(21-11)25-10-16(24)22-17-14(19)8-5-9-15(17)20/h5,8-9,13H,3-4,6-7,10H2,1-2H3,(H,22,24). The van der Waals surface area contributed by atoms with Gasteiger partial charge in [-0.1, -0.05) is 30.7 Å². The van der Waals surface area contributed by atoms with Crippen molar-refractivity contribution in [3.63, 3.8) is 0 Å². The van der Waals surface area contributed by atoms with Crippen LogP contribution in [0.25, 0.3) is 0 Å². The lowest BCUT2D eigenvalue weighted by molar-refractivity contribution is -0.113. The van der Waals surface area contributed by atoms with E-state index in [9.17, 15) is 13.6 Å². The van der Waals surface area contributed by atoms with E-state index in [1.165, 1.54) is 30.7 Å². The first-order valence-corrected chi connectivity index (χ1v) is 9.38. The SMILES string of the molecule is Cc1nc(SCC(=O)Nc2c(F)cccc2F)n(C2CCCC2)c1C. The van der Waals surface area contributed by atoms with E-state index in [2.05, 4.69) is 14.9 Å². The maximum absolute atomic E-state index is 13.6. The van der Waals surface area contributed by atoms with Gasteiger partial charge in [0.25, 0.3) is 0 Å². The molecule has 0 saturated heterocycles. The molecule has 0 bridgehead atoms. The lowest BCUT2D eigenvalue weighted by Crippen LogP contribution is -2.17. The number of para-hydroxylation sites is 1. The Kier molecular flexibility index (Phi) is 5.42. The molecule has 7 heteroatoms. The number of halogens is 2. The Morgan fingerprint density at radius 1 is 1.28 bits per heavy atom. The average Bonchev–Trinajstić information content (AvgIpc) is 3.18. The average molecular weight is 365 g/mol. The molecule has 134 valence electrons. The van der Waals surface area contributed by atoms with Gasteiger partial charge in [-0.15, -0.1) is 0 Å². The summed E-state index contributed by atoms with van der Waals surface area (Å²) in [6, 6.07) is 3.92. The molecule has 1 N–H and O–H groups in total. The number of nitrogens with one attached hydrogen (secondary N) is 1. The Morgan fingerprint density at radius 3 is 2.56 bits per heavy atom. The maximum Gasteiger partial charge on any atom is 0.235 e. The van der Waals surface area contributed by atoms with Crippen molar-refractivity contribution in [1.82, 2.24) is 9.55 Å². The van der Waals surface area contributed by atoms with Crippen molar-refractivity contribution in [2.75, 3.05) is 11.1 Å². The van der Waals surface area contributed by atoms with E-state index >= 15 is 0 Å². The molecule has 2 aromatic rings. The molecule has 1 fully saturated rings. The Hall–Kier alpha value is -1.89. The van der Waals surface area contributed by atoms with Crippen molar-refractivity contribution >= 4 is 23.4 Å². The van der Waals surface area contributed by atoms with Gasteiger partial charge in [-0.25, -0.2) is 13.8 Å². The Balaban J connectivity index is 1.69. The van der Waals surface area contributed by atoms with Crippen LogP contribution in [-0.4, -0.2) is 21.2 Å². The highest BCUT2D eigenvalue weighted by Crippen LogP contribution is 2.35. The molecule has 1 saturated carbocycles. The molecule has 1 aromatic heterocycles. The summed E-state index contributed by atoms with van der Waals surface area (Å²) in [6.07, 6.45) is 4.66. The summed E-state index contributed by atoms with van der Waals surface area (Å²) >= 11 is 1.30. The number of benzene rings is 1. The van der Waals surface area contributed by atoms with Gasteiger partial charge in [0, 0.05) is 11.7 Å². The van der Waals surface area contributed by atoms with E-state index in [0.29, 0.717) is 6.04 Å². The summed E-state index contributed by atoms with van der Waals surface area (Å²) in [7, 11) is 0. The fourth-order valence-corrected chi connectivity index (χ4v) is 4.17. The molecule has 0 unspecified atom stereocenters. The number of nitrogens with zero attached hydrogens (tertiary/aromatic N) is 2. The fourth-order valence-electron chi connectivity index (χ4n) is 3.21. The molecule has 0 aliphatic heterocycles. The van der Waals surface area contributed by atoms with Crippen LogP contribution >= 0.6 is 11.8 Å². The van der Waals surface area contributed by atoms with Gasteiger partial charge in [-0.3, -0.25) is 4.79 Å². The quantitative estimate of drug-likeness (QED) is 0.786. The molecule has 1 aromatic carbocycles. The highest BCUT2D eigenvalue weighted by molar-refractivity contribution is 7.99. The number of carbonyl (C=O) groups is 1. The first-order chi connectivity index (χ1) is 12.0. The lowest BCUT2D eigenvalue weighted by Gasteiger charge is -2.17. The van der Waals surface area contributed by atoms with Crippen LogP contribution in [0.4, 0.5) is 14.5 Å². The second kappa shape index (κ2) is 7.56. The van der Waals surface area contributed by atoms with E-state index in [1.807, 2.05) is 13.8 Å². The number of hydrogen-bond donors (Lipinski definition) is 1. The molecule has 0 radical (unpaired) electrons. The smallest absolute Gasteiger partial charge is 0.235 e. The van der Waals surface area contributed by atoms with Crippen LogP contribution in [0.3, 0.4) is 0 Å². The zero-order valence-electron chi connectivity index (χ0n) is 14.3. The predicted octanol–water partition coefficient (Wildman–Crippen LogP) is 4.62. The van der Waals surface area contributed by atoms with Crippen molar-refractivity contribution in [1.29, 1.82) is 0 Å². The first kappa shape index (κ1) is 17.9. The van der Waals surface area contributed by atoms with Crippen molar-refractivity contribution in [3.8, 4) is 0 Å². The fraction of sp³-hybridized carbons (Fsp3) is 0.444. The van der Waals surface area contributed by atoms with Crippen molar-refractivity contribution < 1.29 is 13.6 Å². The van der Waals surface area contributed by atoms with Gasteiger partial charge in [0.05, 0.1) is 11.4 Å². The number of thioether (sulfide) groups is 1. The van der Waals surface area contributed by atoms with Crippen molar-refractivity contribution in [3.05, 3.63) is 41.2 Å². The molecule has 0 atom stereocenters. The highest BCUT2D eigenvalue weighted by atomic mass is 32.2. The number of carbonyl (C=O) groups excluding carboxylic acids is 1. The molecular weight excluding hydrogens is 344 g/mol. The molecule has 4 nitrogen and oxygen atoms in total. The maximum atomic E-state index is 13.6. The van der Waals surface area contributed by atoms with Gasteiger partial charge in [0.15, 0.2) is 5.16 Å². The minimum absolute atomic E-state index is 0.0520. The summed E-state index contributed by atoms with van der Waals surface area (Å²) in [6.45, 7) is 4.00. The van der Waals surface area contributed by atoms with Crippen LogP contribution in [0.5, 0.6) is 0 Å². The summed E-state index contributed by atoms with van der Waals surface area (Å²) < 4.78 is 29.5. The zero-order valence-corrected chi connectivity index (χ0v) is 15.1. The highest BCUT2D eigenvalue weighted by Gasteiger charge is 2.23. The molecule has 25 heavy (non-hydrogen) atoms. The largest absolute Gasteiger partial charge is 0.320 e. The number of imidazole rings is 1. The van der Waals surface area contributed by atoms with Gasteiger partial charge in [-0.2, -0.15) is 0 Å². The third kappa shape index (κ3) is 3.86. The van der Waals surface area contributed by atoms with Gasteiger partial charge in [-0.05, 0) is 38.8 Å². The second-order valence-electron chi connectivity index (χ2n) is 6.31. The van der Waals surface area contributed by atoms with Gasteiger partial charge in [0.2, 0.25) is 5.91 Å². The predicted molar refractivity (Wildman–Crippen MR) is 94.9 cm³/mol. The van der Waals surface area contributed by atoms with Gasteiger partial charge >= 0.3 is 0 Å². The number of aryl methyl sites for hydroxylation is 1. The van der Waals surface area contributed by atoms with Gasteiger partial charge < -0.3 is 9.88 Å². The van der Waals surface area contributed by atoms with Crippen LogP contribution in [0, 0.1) is 25.5 Å². The van der Waals surface area contributed by atoms with Crippen LogP contribution in [0.1, 0.15) is 43.1 Å². The first-order valence-electron chi connectivity index (χ1n) is 8.39. The normalized spacial score (nSPS) is 14.9. The minimum atomic E-state index is -0.780. The van der Waals surface area contributed by atoms with Crippen LogP contribution in [-0.2, 0) is 4.79 Å². The van der Waals surface area contributed by atoms with E-state index in [1.54, 1.807) is 0 Å². The second-order valence-corrected chi connectivity index (χ2v) is 7.25. The third-order valence-electron chi connectivity index (χ3n) is 4.60. The van der Waals surface area contributed by atoms with E-state index in [0.717, 1.165) is 41.5 Å². The van der Waals surface area contributed by atoms with E-state index in [-0.39, 0.29) is 5.75 Å². The van der Waals surface area contributed by atoms with Gasteiger partial charge in [0.1, 0.15) is 17.3 Å². The lowest BCUT2D eigenvalue weighted by atomic mass is 10.2. The number of hydrogen-bond acceptors (Lipinski definition) is 3. The minimum Gasteiger partial charge on any atom is -0.320 e. The van der Waals surface area contributed by atoms with Crippen molar-refractivity contribution in [2.24, 2.45) is 0 Å². The zero-order chi connectivity index (χ0) is 18.0. The third-order valence-corrected chi connectivity index (χ3v) is 5.56. The number of aromatic nitrogens is 2. The van der Waals surface area contributed by atoms with Crippen molar-refractivity contribution in [2.45, 2.75) is 50.7 Å². The molecule has 0 spiro atoms. The summed E-state index contributed by atoms with van der Waals surface area (Å²) in [5.74, 6) is -1.96. The monoisotopic (exact) mass is 365 g/mol. The summed E-state index contributed by atoms with van der Waals surface area (Å²) in [5, 5.41) is 3.11. The van der Waals surface area contributed by atoms with Crippen LogP contribution < -0.4 is 5.32 Å². The Morgan fingerprint density at radius 2 is 1.92 bits per heavy atom. The molecule has 3 rings (SSSR count). The topological polar surface area (TPSA) is 46.9 Å². The van der Waals surface area contributed by atoms with E-state index in [4.69, 9.17) is 0 Å². The van der Waals surface area contributed by atoms with Crippen LogP contribution in [0.15, 0.2) is 23.4 Å². The molecule has 1 aliphatic rings. The number of rotatable bonds is 5. The summed E-state index contributed by atoms with van der Waals surface area (Å²) in [5.41, 5.74) is 1.67. The Labute approximate surface area is 150 Å². The number of amides is 1. The van der Waals surface area contributed by atoms with Crippen LogP contribution in [0.2, 0.25) is 0 Å². The Bertz CT molecular complexity index is 765. The van der Waals surface area contributed by atoms with E-state index < -0.39 is 23.2 Å². The number of anilines is 1.